The highest BCUT2D eigenvalue weighted by molar-refractivity contribution is 6.34. The van der Waals surface area contributed by atoms with Crippen molar-refractivity contribution < 1.29 is 37.1 Å². The number of hydrogen-bond donors (Lipinski definition) is 3. The largest absolute Gasteiger partial charge is 0.481 e. The standard InChI is InChI=1S/C30H31ClF4N4O4/c31-21-3-1-2-20(29(10-11-29)30(33,34)35)23(21)26(41)39-22-12-18(25(40)37-15-28(32)13-36-14-28)8-9-19(22)24(38-39)16-4-6-17(7-5-16)27(42)43/h1-4,17-18,36H,5-15H2,(H,37,40)(H,42,43). The van der Waals surface area contributed by atoms with E-state index in [2.05, 4.69) is 15.7 Å². The van der Waals surface area contributed by atoms with Crippen LogP contribution in [0.1, 0.15) is 71.4 Å². The van der Waals surface area contributed by atoms with Crippen molar-refractivity contribution in [3.05, 3.63) is 57.4 Å². The van der Waals surface area contributed by atoms with Crippen LogP contribution in [-0.4, -0.2) is 64.2 Å². The number of fused-ring (bicyclic) bond motifs is 1. The summed E-state index contributed by atoms with van der Waals surface area (Å²) < 4.78 is 58.2. The van der Waals surface area contributed by atoms with Gasteiger partial charge < -0.3 is 15.7 Å². The Labute approximate surface area is 249 Å². The zero-order valence-electron chi connectivity index (χ0n) is 23.2. The number of benzene rings is 1. The first-order valence-electron chi connectivity index (χ1n) is 14.4. The zero-order chi connectivity index (χ0) is 30.7. The van der Waals surface area contributed by atoms with Crippen molar-refractivity contribution in [2.24, 2.45) is 11.8 Å². The van der Waals surface area contributed by atoms with Gasteiger partial charge in [-0.1, -0.05) is 29.8 Å². The number of aliphatic carboxylic acids is 1. The molecule has 2 aromatic rings. The molecule has 0 radical (unpaired) electrons. The van der Waals surface area contributed by atoms with Gasteiger partial charge in [0.2, 0.25) is 5.91 Å². The van der Waals surface area contributed by atoms with Crippen LogP contribution in [0.15, 0.2) is 24.3 Å². The molecule has 8 nitrogen and oxygen atoms in total. The van der Waals surface area contributed by atoms with Gasteiger partial charge in [-0.25, -0.2) is 4.39 Å². The van der Waals surface area contributed by atoms with Gasteiger partial charge in [-0.15, -0.1) is 0 Å². The number of halogens is 5. The summed E-state index contributed by atoms with van der Waals surface area (Å²) in [5.41, 5.74) is -1.81. The summed E-state index contributed by atoms with van der Waals surface area (Å²) in [7, 11) is 0. The van der Waals surface area contributed by atoms with Gasteiger partial charge in [0.1, 0.15) is 0 Å². The van der Waals surface area contributed by atoms with Crippen molar-refractivity contribution >= 4 is 35.0 Å². The Balaban J connectivity index is 1.38. The van der Waals surface area contributed by atoms with Gasteiger partial charge in [-0.05, 0) is 62.1 Å². The van der Waals surface area contributed by atoms with Crippen molar-refractivity contribution in [2.45, 2.75) is 68.6 Å². The van der Waals surface area contributed by atoms with Crippen molar-refractivity contribution in [2.75, 3.05) is 19.6 Å². The van der Waals surface area contributed by atoms with Crippen LogP contribution < -0.4 is 10.6 Å². The van der Waals surface area contributed by atoms with E-state index in [1.807, 2.05) is 0 Å². The fraction of sp³-hybridized carbons (Fsp3) is 0.533. The third-order valence-corrected chi connectivity index (χ3v) is 9.71. The fourth-order valence-corrected chi connectivity index (χ4v) is 6.78. The molecular formula is C30H31ClF4N4O4. The van der Waals surface area contributed by atoms with Crippen LogP contribution in [0.5, 0.6) is 0 Å². The van der Waals surface area contributed by atoms with Gasteiger partial charge in [-0.2, -0.15) is 23.0 Å². The number of carbonyl (C=O) groups is 3. The molecule has 4 aliphatic rings. The lowest BCUT2D eigenvalue weighted by molar-refractivity contribution is -0.160. The van der Waals surface area contributed by atoms with Crippen LogP contribution in [0, 0.1) is 11.8 Å². The van der Waals surface area contributed by atoms with Gasteiger partial charge in [0, 0.05) is 31.0 Å². The molecule has 43 heavy (non-hydrogen) atoms. The number of carboxylic acid groups (broad SMARTS) is 1. The summed E-state index contributed by atoms with van der Waals surface area (Å²) in [6.45, 7) is 0.139. The van der Waals surface area contributed by atoms with Gasteiger partial charge in [0.05, 0.1) is 39.9 Å². The Morgan fingerprint density at radius 1 is 1.14 bits per heavy atom. The highest BCUT2D eigenvalue weighted by atomic mass is 35.5. The fourth-order valence-electron chi connectivity index (χ4n) is 6.52. The average Bonchev–Trinajstić information content (AvgIpc) is 3.70. The number of hydrogen-bond acceptors (Lipinski definition) is 5. The second-order valence-electron chi connectivity index (χ2n) is 12.2. The molecule has 1 saturated carbocycles. The van der Waals surface area contributed by atoms with Gasteiger partial charge in [0.25, 0.3) is 5.91 Å². The first-order valence-corrected chi connectivity index (χ1v) is 14.8. The number of aromatic nitrogens is 2. The number of carboxylic acids is 1. The highest BCUT2D eigenvalue weighted by Gasteiger charge is 2.65. The first-order chi connectivity index (χ1) is 20.3. The minimum atomic E-state index is -4.58. The summed E-state index contributed by atoms with van der Waals surface area (Å²) >= 11 is 6.42. The molecule has 2 heterocycles. The molecule has 1 amide bonds. The maximum Gasteiger partial charge on any atom is 0.398 e. The molecule has 2 atom stereocenters. The molecule has 3 N–H and O–H groups in total. The van der Waals surface area contributed by atoms with Gasteiger partial charge in [0.15, 0.2) is 5.67 Å². The van der Waals surface area contributed by atoms with Crippen LogP contribution in [0.25, 0.3) is 5.57 Å². The molecule has 0 spiro atoms. The normalized spacial score (nSPS) is 23.9. The van der Waals surface area contributed by atoms with E-state index < -0.39 is 41.0 Å². The molecule has 3 aliphatic carbocycles. The minimum absolute atomic E-state index is 0.0761. The Morgan fingerprint density at radius 3 is 2.44 bits per heavy atom. The Morgan fingerprint density at radius 2 is 1.86 bits per heavy atom. The van der Waals surface area contributed by atoms with Crippen LogP contribution >= 0.6 is 11.6 Å². The van der Waals surface area contributed by atoms with Crippen molar-refractivity contribution in [3.63, 3.8) is 0 Å². The summed E-state index contributed by atoms with van der Waals surface area (Å²) in [6, 6.07) is 4.05. The number of rotatable bonds is 7. The smallest absolute Gasteiger partial charge is 0.398 e. The monoisotopic (exact) mass is 622 g/mol. The van der Waals surface area contributed by atoms with E-state index in [9.17, 15) is 37.1 Å². The van der Waals surface area contributed by atoms with Crippen molar-refractivity contribution in [1.82, 2.24) is 20.4 Å². The predicted molar refractivity (Wildman–Crippen MR) is 149 cm³/mol. The van der Waals surface area contributed by atoms with E-state index in [0.717, 1.165) is 10.3 Å². The molecule has 1 aromatic heterocycles. The predicted octanol–water partition coefficient (Wildman–Crippen LogP) is 4.62. The average molecular weight is 623 g/mol. The second-order valence-corrected chi connectivity index (χ2v) is 12.6. The zero-order valence-corrected chi connectivity index (χ0v) is 24.0. The summed E-state index contributed by atoms with van der Waals surface area (Å²) in [6.07, 6.45) is -1.21. The Bertz CT molecular complexity index is 1530. The van der Waals surface area contributed by atoms with Gasteiger partial charge in [-0.3, -0.25) is 14.4 Å². The van der Waals surface area contributed by atoms with E-state index in [4.69, 9.17) is 11.6 Å². The number of carbonyl (C=O) groups excluding carboxylic acids is 2. The molecule has 2 unspecified atom stereocenters. The second kappa shape index (κ2) is 10.7. The van der Waals surface area contributed by atoms with Crippen molar-refractivity contribution in [3.8, 4) is 0 Å². The maximum atomic E-state index is 14.5. The maximum absolute atomic E-state index is 14.5. The summed E-state index contributed by atoms with van der Waals surface area (Å²) in [4.78, 5) is 38.7. The molecule has 6 rings (SSSR count). The topological polar surface area (TPSA) is 113 Å². The lowest BCUT2D eigenvalue weighted by Crippen LogP contribution is -2.62. The van der Waals surface area contributed by atoms with Crippen LogP contribution in [-0.2, 0) is 27.8 Å². The van der Waals surface area contributed by atoms with E-state index in [1.165, 1.54) is 18.2 Å². The molecular weight excluding hydrogens is 592 g/mol. The third-order valence-electron chi connectivity index (χ3n) is 9.40. The minimum Gasteiger partial charge on any atom is -0.481 e. The molecule has 230 valence electrons. The Hall–Kier alpha value is -3.25. The summed E-state index contributed by atoms with van der Waals surface area (Å²) in [5.74, 6) is -3.23. The SMILES string of the molecule is O=C(O)C1CC=C(c2nn(C(=O)c3c(Cl)cccc3C3(C(F)(F)F)CC3)c3c2CCC(C(=O)NCC2(F)CNC2)C3)CC1. The molecule has 1 aliphatic heterocycles. The van der Waals surface area contributed by atoms with Crippen LogP contribution in [0.3, 0.4) is 0 Å². The van der Waals surface area contributed by atoms with Crippen LogP contribution in [0.4, 0.5) is 17.6 Å². The van der Waals surface area contributed by atoms with E-state index >= 15 is 0 Å². The number of nitrogens with zero attached hydrogens (tertiary/aromatic N) is 2. The highest BCUT2D eigenvalue weighted by Crippen LogP contribution is 2.60. The Kier molecular flexibility index (Phi) is 7.44. The number of nitrogens with one attached hydrogen (secondary N) is 2. The molecule has 2 fully saturated rings. The quantitative estimate of drug-likeness (QED) is 0.389. The molecule has 1 saturated heterocycles. The first kappa shape index (κ1) is 29.8. The molecule has 0 bridgehead atoms. The number of allylic oxidation sites excluding steroid dienone is 2. The molecule has 13 heteroatoms. The van der Waals surface area contributed by atoms with E-state index in [1.54, 1.807) is 6.08 Å². The summed E-state index contributed by atoms with van der Waals surface area (Å²) in [5, 5.41) is 19.4. The third kappa shape index (κ3) is 5.26. The van der Waals surface area contributed by atoms with E-state index in [-0.39, 0.29) is 67.4 Å². The molecule has 1 aromatic carbocycles. The van der Waals surface area contributed by atoms with Gasteiger partial charge >= 0.3 is 12.1 Å². The van der Waals surface area contributed by atoms with E-state index in [0.29, 0.717) is 42.6 Å². The lowest BCUT2D eigenvalue weighted by atomic mass is 9.82. The number of alkyl halides is 4. The number of amides is 1. The lowest BCUT2D eigenvalue weighted by Gasteiger charge is -2.35. The van der Waals surface area contributed by atoms with Crippen LogP contribution in [0.2, 0.25) is 5.02 Å². The van der Waals surface area contributed by atoms with Crippen molar-refractivity contribution in [1.29, 1.82) is 0 Å².